The van der Waals surface area contributed by atoms with Crippen LogP contribution in [-0.4, -0.2) is 133 Å². The summed E-state index contributed by atoms with van der Waals surface area (Å²) >= 11 is 0. The molecule has 2 aromatic rings. The van der Waals surface area contributed by atoms with Gasteiger partial charge in [0.1, 0.15) is 18.3 Å². The van der Waals surface area contributed by atoms with Crippen LogP contribution in [0.3, 0.4) is 0 Å². The van der Waals surface area contributed by atoms with Crippen LogP contribution in [0.15, 0.2) is 67.8 Å². The van der Waals surface area contributed by atoms with E-state index in [1.165, 1.54) is 17.8 Å². The Hall–Kier alpha value is -6.24. The molecule has 15 atom stereocenters. The number of hydrogen-bond donors (Lipinski definition) is 9. The fourth-order valence-electron chi connectivity index (χ4n) is 15.3. The van der Waals surface area contributed by atoms with E-state index in [1.54, 1.807) is 6.92 Å². The first kappa shape index (κ1) is 77.5. The van der Waals surface area contributed by atoms with Crippen LogP contribution in [0.25, 0.3) is 16.4 Å². The molecule has 6 aliphatic heterocycles. The topological polar surface area (TPSA) is 495 Å². The molecule has 93 heavy (non-hydrogen) atoms. The number of hydrogen-bond acceptors (Lipinski definition) is 19. The number of phosphoric ester groups is 1. The van der Waals surface area contributed by atoms with Crippen molar-refractivity contribution >= 4 is 89.7 Å². The Morgan fingerprint density at radius 1 is 0.796 bits per heavy atom. The molecular weight excluding hydrogens is 1290 g/mol. The van der Waals surface area contributed by atoms with Crippen LogP contribution in [0, 0.1) is 59.2 Å². The number of aromatic nitrogens is 2. The van der Waals surface area contributed by atoms with Gasteiger partial charge in [-0.25, -0.2) is 4.98 Å². The summed E-state index contributed by atoms with van der Waals surface area (Å²) in [5, 5.41) is 30.1. The van der Waals surface area contributed by atoms with Crippen LogP contribution in [0.2, 0.25) is 0 Å². The van der Waals surface area contributed by atoms with Crippen molar-refractivity contribution in [2.24, 2.45) is 94.7 Å². The van der Waals surface area contributed by atoms with Gasteiger partial charge in [0, 0.05) is 108 Å². The van der Waals surface area contributed by atoms with Crippen molar-refractivity contribution in [3.05, 3.63) is 69.2 Å². The summed E-state index contributed by atoms with van der Waals surface area (Å²) in [5.74, 6) is -7.40. The number of aliphatic hydroxyl groups is 2. The second-order valence-electron chi connectivity index (χ2n) is 27.0. The molecule has 7 heterocycles. The van der Waals surface area contributed by atoms with E-state index in [0.717, 1.165) is 11.1 Å². The standard InChI is InChI=1S/C62H90N13O14P.ClH.Co.H2O/c1-29-20-39-40(21-30(29)2)75(28-70-39)57-52(84)53(41(27-76)87-57)89-90(85,86)88-31(3)26-69-49(83)18-19-59(8)37(22-46(66)80)56-62(11)61(10,25-48(68)82)36(14-17-45(65)79)51(74-62)33(5)55-60(9,24-47(67)81)34(12-15-43(63)77)38(71-55)23-42-58(6,7)35(13-16-44(64)78)50(72-42)32(4)54(59)73-56;;;/h20-21,23,28,31,34-37,41,52-53,56-57,76,84H,12-19,22,24-27H2,1-11H3,(H15,63,64,65,66,67,68,69,71,72,73,74,77,78,79,80,81,82,83,85,86);1H;;1H2/q;;+3;/p-3/t31-,34-,35-,36-,37+,41-,52-,53-,56?,57+,59-,60+,61+,62+;;;/m1.../s1. The third kappa shape index (κ3) is 14.9. The van der Waals surface area contributed by atoms with Crippen molar-refractivity contribution in [1.29, 1.82) is 0 Å². The third-order valence-corrected chi connectivity index (χ3v) is 21.6. The molecule has 8 rings (SSSR count). The number of benzene rings is 1. The molecule has 16 N–H and O–H groups in total. The monoisotopic (exact) mass is 1380 g/mol. The average Bonchev–Trinajstić information content (AvgIpc) is 1.53. The summed E-state index contributed by atoms with van der Waals surface area (Å²) in [4.78, 5) is 128. The molecule has 7 amide bonds. The van der Waals surface area contributed by atoms with Crippen LogP contribution in [-0.2, 0) is 68.7 Å². The first-order chi connectivity index (χ1) is 41.8. The zero-order valence-corrected chi connectivity index (χ0v) is 57.1. The predicted octanol–water partition coefficient (Wildman–Crippen LogP) is 3.56. The summed E-state index contributed by atoms with van der Waals surface area (Å²) in [6.45, 7) is 19.0. The van der Waals surface area contributed by atoms with E-state index in [4.69, 9.17) is 68.5 Å². The number of nitrogens with one attached hydrogen (secondary N) is 1. The summed E-state index contributed by atoms with van der Waals surface area (Å²) < 4.78 is 31.9. The summed E-state index contributed by atoms with van der Waals surface area (Å²) in [7, 11) is -5.32. The molecular formula is C62H90ClCoN13O15P. The molecule has 0 spiro atoms. The van der Waals surface area contributed by atoms with Crippen LogP contribution in [0.5, 0.6) is 0 Å². The van der Waals surface area contributed by atoms with Gasteiger partial charge in [-0.1, -0.05) is 40.7 Å². The first-order valence-corrected chi connectivity index (χ1v) is 32.0. The minimum atomic E-state index is -5.32. The number of aliphatic hydroxyl groups excluding tert-OH is 2. The number of ether oxygens (including phenoxy) is 1. The van der Waals surface area contributed by atoms with E-state index < -0.39 is 143 Å². The fourth-order valence-corrected chi connectivity index (χ4v) is 16.4. The van der Waals surface area contributed by atoms with Gasteiger partial charge >= 0.3 is 16.8 Å². The minimum absolute atomic E-state index is 0. The second-order valence-corrected chi connectivity index (χ2v) is 28.3. The number of amides is 7. The maximum atomic E-state index is 14.4. The molecule has 2 unspecified atom stereocenters. The number of aryl methyl sites for hydroxylation is 2. The molecule has 0 radical (unpaired) electrons. The zero-order chi connectivity index (χ0) is 66.7. The maximum Gasteiger partial charge on any atom is 3.00 e. The molecule has 0 saturated carbocycles. The first-order valence-electron chi connectivity index (χ1n) is 30.5. The van der Waals surface area contributed by atoms with E-state index in [-0.39, 0.29) is 112 Å². The Balaban J connectivity index is 0.00000523. The number of carbonyl (C=O) groups excluding carboxylic acids is 7. The molecule has 1 aromatic carbocycles. The Labute approximate surface area is 557 Å². The number of nitrogens with two attached hydrogens (primary N) is 6. The molecule has 8 bridgehead atoms. The third-order valence-electron chi connectivity index (χ3n) is 20.5. The molecule has 2 fully saturated rings. The number of carbonyl (C=O) groups is 7. The molecule has 1 aromatic heterocycles. The Kier molecular flexibility index (Phi) is 24.2. The van der Waals surface area contributed by atoms with E-state index in [0.29, 0.717) is 56.4 Å². The Morgan fingerprint density at radius 2 is 1.38 bits per heavy atom. The van der Waals surface area contributed by atoms with Crippen molar-refractivity contribution in [2.75, 3.05) is 13.2 Å². The predicted molar refractivity (Wildman–Crippen MR) is 341 cm³/mol. The van der Waals surface area contributed by atoms with Gasteiger partial charge in [-0.2, -0.15) is 5.70 Å². The molecule has 2 saturated heterocycles. The van der Waals surface area contributed by atoms with Crippen molar-refractivity contribution in [3.63, 3.8) is 0 Å². The van der Waals surface area contributed by atoms with E-state index in [9.17, 15) is 53.2 Å². The SMILES string of the molecule is C/C1=C2/[N-]C([C@H](CC(N)=O)[C@@]2(C)CCC(=O)NC[C@@H](C)OP(=O)([O-])O[C@H]2[C@@H](O)[C@@H](n3cnc4cc(C)c(C)cc43)O[C@@H]2CO)[C@]2(C)N=C(/C(C)=C3N=C(/C=C4N=C1[C@@H](CCC(N)=O)C\4(C)C)[C@@H](CCC(N)=O)[C@]\3(C)CC(N)=O)[C@@H](CCC(N)=O)[C@]2(C)CC(N)=O.Cl.[Co+3].[OH-]. The molecule has 28 nitrogen and oxygen atoms in total. The molecule has 31 heteroatoms. The molecule has 514 valence electrons. The normalized spacial score (nSPS) is 33.1. The summed E-state index contributed by atoms with van der Waals surface area (Å²) in [6, 6.07) is 2.65. The number of rotatable bonds is 26. The van der Waals surface area contributed by atoms with E-state index in [1.807, 2.05) is 80.5 Å². The van der Waals surface area contributed by atoms with Gasteiger partial charge in [-0.3, -0.25) is 53.1 Å². The molecule has 6 aliphatic rings. The van der Waals surface area contributed by atoms with E-state index in [2.05, 4.69) is 10.3 Å². The van der Waals surface area contributed by atoms with Gasteiger partial charge < -0.3 is 84.0 Å². The van der Waals surface area contributed by atoms with Gasteiger partial charge in [0.2, 0.25) is 41.4 Å². The number of phosphoric acid groups is 1. The smallest absolute Gasteiger partial charge is 0.870 e. The number of aliphatic imine (C=N–C) groups is 3. The zero-order valence-electron chi connectivity index (χ0n) is 54.4. The van der Waals surface area contributed by atoms with Crippen LogP contribution in [0.1, 0.15) is 150 Å². The summed E-state index contributed by atoms with van der Waals surface area (Å²) in [6.07, 6.45) is -4.79. The van der Waals surface area contributed by atoms with Crippen molar-refractivity contribution in [2.45, 2.75) is 189 Å². The number of allylic oxidation sites excluding steroid dienone is 6. The van der Waals surface area contributed by atoms with Crippen LogP contribution in [0.4, 0.5) is 0 Å². The quantitative estimate of drug-likeness (QED) is 0.0608. The number of imidazole rings is 1. The average molecular weight is 1380 g/mol. The van der Waals surface area contributed by atoms with Gasteiger partial charge in [0.25, 0.3) is 7.82 Å². The minimum Gasteiger partial charge on any atom is -0.870 e. The Morgan fingerprint density at radius 3 is 1.95 bits per heavy atom. The Bertz CT molecular complexity index is 3550. The van der Waals surface area contributed by atoms with Crippen LogP contribution < -0.4 is 44.6 Å². The van der Waals surface area contributed by atoms with E-state index >= 15 is 0 Å². The van der Waals surface area contributed by atoms with Crippen molar-refractivity contribution < 1.29 is 89.3 Å². The largest absolute Gasteiger partial charge is 3.00 e. The number of halogens is 1. The van der Waals surface area contributed by atoms with Gasteiger partial charge in [-0.05, 0) is 119 Å². The van der Waals surface area contributed by atoms with Gasteiger partial charge in [-0.15, -0.1) is 12.4 Å². The summed E-state index contributed by atoms with van der Waals surface area (Å²) in [5.41, 5.74) is 36.7. The van der Waals surface area contributed by atoms with Crippen molar-refractivity contribution in [1.82, 2.24) is 14.9 Å². The fraction of sp³-hybridized carbons (Fsp3) is 0.629. The maximum absolute atomic E-state index is 14.4. The number of nitrogens with zero attached hydrogens (tertiary/aromatic N) is 6. The number of fused-ring (bicyclic) bond motifs is 7. The molecule has 0 aliphatic carbocycles. The number of primary amides is 6. The van der Waals surface area contributed by atoms with Crippen LogP contribution >= 0.6 is 20.2 Å². The van der Waals surface area contributed by atoms with Gasteiger partial charge in [0.05, 0.1) is 41.3 Å². The van der Waals surface area contributed by atoms with Crippen molar-refractivity contribution in [3.8, 4) is 0 Å². The van der Waals surface area contributed by atoms with Gasteiger partial charge in [0.15, 0.2) is 6.23 Å². The second kappa shape index (κ2) is 29.0.